The van der Waals surface area contributed by atoms with Crippen molar-refractivity contribution in [2.45, 2.75) is 62.8 Å². The minimum absolute atomic E-state index is 0.0928. The SMILES string of the molecule is COc1c(N2CC(Nc3nnc(C4CC5(CCC5)C4)o3)C2)ccc(C2CCC(=O)NC2=O)c1F. The first-order chi connectivity index (χ1) is 16.4. The van der Waals surface area contributed by atoms with Gasteiger partial charge in [0.15, 0.2) is 11.6 Å². The second kappa shape index (κ2) is 7.95. The Morgan fingerprint density at radius 3 is 2.71 bits per heavy atom. The quantitative estimate of drug-likeness (QED) is 0.622. The Bertz CT molecular complexity index is 1130. The molecule has 3 heterocycles. The van der Waals surface area contributed by atoms with Crippen molar-refractivity contribution in [1.82, 2.24) is 15.5 Å². The third kappa shape index (κ3) is 3.50. The lowest BCUT2D eigenvalue weighted by Crippen LogP contribution is -2.55. The van der Waals surface area contributed by atoms with E-state index in [1.807, 2.05) is 4.90 Å². The molecular weight excluding hydrogens is 441 g/mol. The van der Waals surface area contributed by atoms with E-state index in [-0.39, 0.29) is 36.1 Å². The van der Waals surface area contributed by atoms with E-state index in [0.29, 0.717) is 36.1 Å². The molecule has 2 saturated heterocycles. The fourth-order valence-electron chi connectivity index (χ4n) is 5.91. The standard InChI is InChI=1S/C24H28FN5O4/c1-33-20-17(5-3-15(19(20)25)16-4-6-18(31)27-21(16)32)30-11-14(12-30)26-23-29-28-22(34-23)13-9-24(10-13)7-2-8-24/h3,5,13-14,16H,2,4,6-12H2,1H3,(H,26,29)(H,27,31,32). The summed E-state index contributed by atoms with van der Waals surface area (Å²) in [5, 5.41) is 14.0. The second-order valence-electron chi connectivity index (χ2n) is 10.2. The van der Waals surface area contributed by atoms with Gasteiger partial charge in [0.05, 0.1) is 24.8 Å². The zero-order valence-electron chi connectivity index (χ0n) is 19.1. The predicted molar refractivity (Wildman–Crippen MR) is 120 cm³/mol. The highest BCUT2D eigenvalue weighted by atomic mass is 19.1. The molecule has 1 unspecified atom stereocenters. The number of nitrogens with one attached hydrogen (secondary N) is 2. The summed E-state index contributed by atoms with van der Waals surface area (Å²) in [5.41, 5.74) is 1.43. The highest BCUT2D eigenvalue weighted by Crippen LogP contribution is 2.61. The molecule has 1 atom stereocenters. The lowest BCUT2D eigenvalue weighted by Gasteiger charge is -2.53. The summed E-state index contributed by atoms with van der Waals surface area (Å²) < 4.78 is 26.5. The second-order valence-corrected chi connectivity index (χ2v) is 10.2. The molecule has 4 fully saturated rings. The maximum Gasteiger partial charge on any atom is 0.315 e. The topological polar surface area (TPSA) is 110 Å². The van der Waals surface area contributed by atoms with Crippen LogP contribution in [0.1, 0.15) is 68.2 Å². The van der Waals surface area contributed by atoms with Crippen LogP contribution in [-0.4, -0.2) is 48.3 Å². The molecule has 2 aliphatic heterocycles. The lowest BCUT2D eigenvalue weighted by atomic mass is 9.52. The Morgan fingerprint density at radius 2 is 2.03 bits per heavy atom. The molecule has 180 valence electrons. The van der Waals surface area contributed by atoms with Crippen molar-refractivity contribution >= 4 is 23.5 Å². The third-order valence-electron chi connectivity index (χ3n) is 8.04. The number of halogens is 1. The zero-order valence-corrected chi connectivity index (χ0v) is 19.1. The number of ether oxygens (including phenoxy) is 1. The van der Waals surface area contributed by atoms with E-state index in [9.17, 15) is 9.59 Å². The van der Waals surface area contributed by atoms with Gasteiger partial charge in [-0.05, 0) is 43.6 Å². The van der Waals surface area contributed by atoms with E-state index in [1.165, 1.54) is 26.4 Å². The number of piperidine rings is 1. The number of hydrogen-bond donors (Lipinski definition) is 2. The molecule has 9 nitrogen and oxygen atoms in total. The first kappa shape index (κ1) is 21.4. The van der Waals surface area contributed by atoms with Crippen LogP contribution in [0.5, 0.6) is 5.75 Å². The molecule has 1 aromatic heterocycles. The van der Waals surface area contributed by atoms with Crippen molar-refractivity contribution in [3.8, 4) is 5.75 Å². The van der Waals surface area contributed by atoms with Gasteiger partial charge in [-0.2, -0.15) is 0 Å². The highest BCUT2D eigenvalue weighted by molar-refractivity contribution is 6.01. The Labute approximate surface area is 196 Å². The van der Waals surface area contributed by atoms with Crippen LogP contribution in [0.15, 0.2) is 16.5 Å². The maximum absolute atomic E-state index is 15.3. The summed E-state index contributed by atoms with van der Waals surface area (Å²) >= 11 is 0. The molecule has 0 radical (unpaired) electrons. The minimum atomic E-state index is -0.701. The van der Waals surface area contributed by atoms with Gasteiger partial charge in [0.2, 0.25) is 17.7 Å². The van der Waals surface area contributed by atoms with Crippen LogP contribution in [0.4, 0.5) is 16.1 Å². The summed E-state index contributed by atoms with van der Waals surface area (Å²) in [5.74, 6) is -0.837. The van der Waals surface area contributed by atoms with Crippen molar-refractivity contribution in [2.24, 2.45) is 5.41 Å². The van der Waals surface area contributed by atoms with Crippen molar-refractivity contribution in [1.29, 1.82) is 0 Å². The number of anilines is 2. The van der Waals surface area contributed by atoms with Crippen molar-refractivity contribution in [2.75, 3.05) is 30.4 Å². The van der Waals surface area contributed by atoms with E-state index in [1.54, 1.807) is 12.1 Å². The Kier molecular flexibility index (Phi) is 5.00. The number of amides is 2. The smallest absolute Gasteiger partial charge is 0.315 e. The van der Waals surface area contributed by atoms with Gasteiger partial charge in [-0.15, -0.1) is 5.10 Å². The molecule has 2 N–H and O–H groups in total. The Balaban J connectivity index is 1.08. The van der Waals surface area contributed by atoms with Crippen LogP contribution in [0.25, 0.3) is 0 Å². The normalized spacial score (nSPS) is 24.3. The van der Waals surface area contributed by atoms with Crippen LogP contribution in [0.2, 0.25) is 0 Å². The van der Waals surface area contributed by atoms with Gasteiger partial charge >= 0.3 is 6.01 Å². The molecular formula is C24H28FN5O4. The number of carbonyl (C=O) groups is 2. The molecule has 2 aromatic rings. The molecule has 34 heavy (non-hydrogen) atoms. The number of nitrogens with zero attached hydrogens (tertiary/aromatic N) is 3. The number of rotatable bonds is 6. The fraction of sp³-hybridized carbons (Fsp3) is 0.583. The number of benzene rings is 1. The summed E-state index contributed by atoms with van der Waals surface area (Å²) in [6.07, 6.45) is 6.80. The van der Waals surface area contributed by atoms with Crippen LogP contribution >= 0.6 is 0 Å². The minimum Gasteiger partial charge on any atom is -0.492 e. The molecule has 2 aliphatic carbocycles. The fourth-order valence-corrected chi connectivity index (χ4v) is 5.91. The largest absolute Gasteiger partial charge is 0.492 e. The number of aromatic nitrogens is 2. The monoisotopic (exact) mass is 469 g/mol. The van der Waals surface area contributed by atoms with E-state index >= 15 is 4.39 Å². The first-order valence-corrected chi connectivity index (χ1v) is 12.0. The van der Waals surface area contributed by atoms with Crippen LogP contribution in [-0.2, 0) is 9.59 Å². The number of imide groups is 1. The summed E-state index contributed by atoms with van der Waals surface area (Å²) in [4.78, 5) is 25.6. The lowest BCUT2D eigenvalue weighted by molar-refractivity contribution is -0.134. The van der Waals surface area contributed by atoms with Gasteiger partial charge in [-0.1, -0.05) is 17.6 Å². The van der Waals surface area contributed by atoms with Crippen molar-refractivity contribution < 1.29 is 23.1 Å². The third-order valence-corrected chi connectivity index (χ3v) is 8.04. The van der Waals surface area contributed by atoms with Gasteiger partial charge in [0.25, 0.3) is 0 Å². The van der Waals surface area contributed by atoms with E-state index in [0.717, 1.165) is 18.7 Å². The number of hydrogen-bond acceptors (Lipinski definition) is 8. The number of methoxy groups -OCH3 is 1. The van der Waals surface area contributed by atoms with E-state index in [4.69, 9.17) is 9.15 Å². The van der Waals surface area contributed by atoms with Crippen LogP contribution < -0.4 is 20.3 Å². The average molecular weight is 470 g/mol. The summed E-state index contributed by atoms with van der Waals surface area (Å²) in [6, 6.07) is 3.91. The van der Waals surface area contributed by atoms with Crippen LogP contribution in [0, 0.1) is 11.2 Å². The molecule has 10 heteroatoms. The molecule has 4 aliphatic rings. The van der Waals surface area contributed by atoms with E-state index < -0.39 is 17.6 Å². The van der Waals surface area contributed by atoms with Gasteiger partial charge in [0, 0.05) is 31.0 Å². The molecule has 1 spiro atoms. The molecule has 1 aromatic carbocycles. The Morgan fingerprint density at radius 1 is 1.24 bits per heavy atom. The molecule has 2 amide bonds. The van der Waals surface area contributed by atoms with Gasteiger partial charge in [-0.3, -0.25) is 14.9 Å². The first-order valence-electron chi connectivity index (χ1n) is 12.0. The summed E-state index contributed by atoms with van der Waals surface area (Å²) in [6.45, 7) is 1.25. The average Bonchev–Trinajstić information content (AvgIpc) is 3.17. The van der Waals surface area contributed by atoms with Gasteiger partial charge in [-0.25, -0.2) is 4.39 Å². The van der Waals surface area contributed by atoms with Crippen molar-refractivity contribution in [3.63, 3.8) is 0 Å². The highest BCUT2D eigenvalue weighted by Gasteiger charge is 2.50. The molecule has 0 bridgehead atoms. The van der Waals surface area contributed by atoms with Gasteiger partial charge < -0.3 is 19.4 Å². The molecule has 6 rings (SSSR count). The molecule has 2 saturated carbocycles. The number of carbonyl (C=O) groups excluding carboxylic acids is 2. The predicted octanol–water partition coefficient (Wildman–Crippen LogP) is 3.09. The van der Waals surface area contributed by atoms with Gasteiger partial charge in [0.1, 0.15) is 0 Å². The summed E-state index contributed by atoms with van der Waals surface area (Å²) in [7, 11) is 1.42. The maximum atomic E-state index is 15.3. The van der Waals surface area contributed by atoms with Crippen LogP contribution in [0.3, 0.4) is 0 Å². The zero-order chi connectivity index (χ0) is 23.4. The van der Waals surface area contributed by atoms with E-state index in [2.05, 4.69) is 20.8 Å². The Hall–Kier alpha value is -3.17. The van der Waals surface area contributed by atoms with Crippen molar-refractivity contribution in [3.05, 3.63) is 29.4 Å².